The predicted molar refractivity (Wildman–Crippen MR) is 132 cm³/mol. The van der Waals surface area contributed by atoms with Crippen LogP contribution in [0.5, 0.6) is 5.75 Å². The maximum absolute atomic E-state index is 13.2. The number of thiophene rings is 1. The third kappa shape index (κ3) is 5.28. The Kier molecular flexibility index (Phi) is 7.14. The van der Waals surface area contributed by atoms with E-state index in [1.807, 2.05) is 50.4 Å². The van der Waals surface area contributed by atoms with Crippen LogP contribution in [0.15, 0.2) is 55.0 Å². The molecule has 0 aliphatic heterocycles. The summed E-state index contributed by atoms with van der Waals surface area (Å²) >= 11 is 1.42. The van der Waals surface area contributed by atoms with E-state index >= 15 is 0 Å². The third-order valence-corrected chi connectivity index (χ3v) is 6.73. The summed E-state index contributed by atoms with van der Waals surface area (Å²) < 4.78 is 5.30. The van der Waals surface area contributed by atoms with Gasteiger partial charge in [-0.25, -0.2) is 9.97 Å². The van der Waals surface area contributed by atoms with E-state index in [9.17, 15) is 4.79 Å². The Hall–Kier alpha value is -3.52. The second-order valence-electron chi connectivity index (χ2n) is 7.78. The number of nitrogens with one attached hydrogen (secondary N) is 1. The Morgan fingerprint density at radius 1 is 1.12 bits per heavy atom. The minimum Gasteiger partial charge on any atom is -0.497 e. The lowest BCUT2D eigenvalue weighted by atomic mass is 10.1. The van der Waals surface area contributed by atoms with Gasteiger partial charge in [0.05, 0.1) is 17.4 Å². The molecular formula is C25H27N5O2S. The van der Waals surface area contributed by atoms with Gasteiger partial charge in [0.15, 0.2) is 0 Å². The molecule has 8 heteroatoms. The van der Waals surface area contributed by atoms with Crippen molar-refractivity contribution in [1.29, 1.82) is 0 Å². The Labute approximate surface area is 197 Å². The molecule has 170 valence electrons. The highest BCUT2D eigenvalue weighted by Gasteiger charge is 2.21. The number of amides is 1. The van der Waals surface area contributed by atoms with Gasteiger partial charge in [0.2, 0.25) is 0 Å². The van der Waals surface area contributed by atoms with Gasteiger partial charge >= 0.3 is 0 Å². The second kappa shape index (κ2) is 10.4. The molecule has 0 unspecified atom stereocenters. The van der Waals surface area contributed by atoms with Gasteiger partial charge in [-0.05, 0) is 48.7 Å². The van der Waals surface area contributed by atoms with Crippen LogP contribution in [0, 0.1) is 6.92 Å². The van der Waals surface area contributed by atoms with E-state index in [0.29, 0.717) is 24.4 Å². The molecule has 0 aliphatic rings. The van der Waals surface area contributed by atoms with Crippen molar-refractivity contribution >= 4 is 33.3 Å². The summed E-state index contributed by atoms with van der Waals surface area (Å²) in [5, 5.41) is 4.34. The lowest BCUT2D eigenvalue weighted by Crippen LogP contribution is -2.28. The number of methoxy groups -OCH3 is 1. The van der Waals surface area contributed by atoms with Crippen molar-refractivity contribution in [1.82, 2.24) is 19.9 Å². The Morgan fingerprint density at radius 2 is 2.00 bits per heavy atom. The quantitative estimate of drug-likeness (QED) is 0.399. The smallest absolute Gasteiger partial charge is 0.264 e. The van der Waals surface area contributed by atoms with E-state index in [1.165, 1.54) is 16.9 Å². The summed E-state index contributed by atoms with van der Waals surface area (Å²) in [6, 6.07) is 13.9. The maximum Gasteiger partial charge on any atom is 0.264 e. The van der Waals surface area contributed by atoms with Gasteiger partial charge in [0.1, 0.15) is 22.7 Å². The number of carbonyl (C=O) groups is 1. The molecule has 0 saturated carbocycles. The van der Waals surface area contributed by atoms with E-state index in [2.05, 4.69) is 26.3 Å². The number of aryl methyl sites for hydroxylation is 1. The van der Waals surface area contributed by atoms with E-state index in [1.54, 1.807) is 24.5 Å². The van der Waals surface area contributed by atoms with Gasteiger partial charge in [0.25, 0.3) is 5.91 Å². The largest absolute Gasteiger partial charge is 0.497 e. The van der Waals surface area contributed by atoms with Crippen LogP contribution in [0.1, 0.15) is 26.5 Å². The average Bonchev–Trinajstić information content (AvgIpc) is 3.20. The number of benzene rings is 1. The highest BCUT2D eigenvalue weighted by molar-refractivity contribution is 7.20. The molecule has 0 saturated heterocycles. The molecule has 0 spiro atoms. The average molecular weight is 462 g/mol. The standard InChI is InChI=1S/C25H27N5O2S/c1-17-21-23(27-13-10-18-7-6-9-20(15-18)32-3)28-16-29-24(21)33-22(17)25(31)30(2)14-11-19-8-4-5-12-26-19/h4-9,12,15-16H,10-11,13-14H2,1-3H3,(H,27,28,29). The maximum atomic E-state index is 13.2. The molecule has 0 fully saturated rings. The van der Waals surface area contributed by atoms with Crippen LogP contribution in [0.4, 0.5) is 5.82 Å². The van der Waals surface area contributed by atoms with Gasteiger partial charge in [-0.1, -0.05) is 18.2 Å². The SMILES string of the molecule is COc1cccc(CCNc2ncnc3sc(C(=O)N(C)CCc4ccccn4)c(C)c23)c1. The summed E-state index contributed by atoms with van der Waals surface area (Å²) in [4.78, 5) is 29.6. The molecule has 0 aliphatic carbocycles. The van der Waals surface area contributed by atoms with Crippen molar-refractivity contribution in [3.63, 3.8) is 0 Å². The highest BCUT2D eigenvalue weighted by Crippen LogP contribution is 2.34. The van der Waals surface area contributed by atoms with Crippen LogP contribution < -0.4 is 10.1 Å². The number of carbonyl (C=O) groups excluding carboxylic acids is 1. The topological polar surface area (TPSA) is 80.2 Å². The van der Waals surface area contributed by atoms with Crippen molar-refractivity contribution < 1.29 is 9.53 Å². The van der Waals surface area contributed by atoms with Crippen LogP contribution in [-0.2, 0) is 12.8 Å². The van der Waals surface area contributed by atoms with Crippen LogP contribution in [0.2, 0.25) is 0 Å². The highest BCUT2D eigenvalue weighted by atomic mass is 32.1. The van der Waals surface area contributed by atoms with Gasteiger partial charge in [0, 0.05) is 38.4 Å². The Morgan fingerprint density at radius 3 is 2.79 bits per heavy atom. The molecule has 1 amide bonds. The molecule has 0 bridgehead atoms. The first-order chi connectivity index (χ1) is 16.1. The van der Waals surface area contributed by atoms with Crippen LogP contribution in [0.25, 0.3) is 10.2 Å². The zero-order chi connectivity index (χ0) is 23.2. The molecular weight excluding hydrogens is 434 g/mol. The van der Waals surface area contributed by atoms with Crippen LogP contribution in [-0.4, -0.2) is 53.0 Å². The fourth-order valence-electron chi connectivity index (χ4n) is 3.67. The zero-order valence-corrected chi connectivity index (χ0v) is 19.9. The number of likely N-dealkylation sites (N-methyl/N-ethyl adjacent to an activating group) is 1. The van der Waals surface area contributed by atoms with Crippen molar-refractivity contribution in [2.45, 2.75) is 19.8 Å². The minimum absolute atomic E-state index is 0.00578. The number of pyridine rings is 1. The second-order valence-corrected chi connectivity index (χ2v) is 8.78. The van der Waals surface area contributed by atoms with Gasteiger partial charge in [-0.2, -0.15) is 0 Å². The summed E-state index contributed by atoms with van der Waals surface area (Å²) in [5.74, 6) is 1.60. The molecule has 4 rings (SSSR count). The lowest BCUT2D eigenvalue weighted by molar-refractivity contribution is 0.0800. The molecule has 0 atom stereocenters. The van der Waals surface area contributed by atoms with E-state index < -0.39 is 0 Å². The number of ether oxygens (including phenoxy) is 1. The monoisotopic (exact) mass is 461 g/mol. The lowest BCUT2D eigenvalue weighted by Gasteiger charge is -2.16. The number of anilines is 1. The van der Waals surface area contributed by atoms with E-state index in [4.69, 9.17) is 4.74 Å². The number of rotatable bonds is 9. The predicted octanol–water partition coefficient (Wildman–Crippen LogP) is 4.37. The van der Waals surface area contributed by atoms with Gasteiger partial charge in [-0.15, -0.1) is 11.3 Å². The fourth-order valence-corrected chi connectivity index (χ4v) is 4.81. The molecule has 0 radical (unpaired) electrons. The summed E-state index contributed by atoms with van der Waals surface area (Å²) in [6.45, 7) is 3.28. The van der Waals surface area contributed by atoms with Crippen molar-refractivity contribution in [3.05, 3.63) is 76.7 Å². The first-order valence-electron chi connectivity index (χ1n) is 10.8. The van der Waals surface area contributed by atoms with Crippen LogP contribution >= 0.6 is 11.3 Å². The number of hydrogen-bond acceptors (Lipinski definition) is 7. The van der Waals surface area contributed by atoms with Crippen molar-refractivity contribution in [2.75, 3.05) is 32.6 Å². The normalized spacial score (nSPS) is 10.9. The number of nitrogens with zero attached hydrogens (tertiary/aromatic N) is 4. The number of fused-ring (bicyclic) bond motifs is 1. The summed E-state index contributed by atoms with van der Waals surface area (Å²) in [6.07, 6.45) is 4.86. The van der Waals surface area contributed by atoms with Gasteiger partial charge in [-0.3, -0.25) is 9.78 Å². The Balaban J connectivity index is 1.46. The van der Waals surface area contributed by atoms with Crippen LogP contribution in [0.3, 0.4) is 0 Å². The van der Waals surface area contributed by atoms with Crippen molar-refractivity contribution in [3.8, 4) is 5.75 Å². The fraction of sp³-hybridized carbons (Fsp3) is 0.280. The number of hydrogen-bond donors (Lipinski definition) is 1. The molecule has 4 aromatic rings. The minimum atomic E-state index is -0.00578. The molecule has 1 N–H and O–H groups in total. The summed E-state index contributed by atoms with van der Waals surface area (Å²) in [5.41, 5.74) is 3.06. The van der Waals surface area contributed by atoms with Crippen molar-refractivity contribution in [2.24, 2.45) is 0 Å². The molecule has 7 nitrogen and oxygen atoms in total. The first kappa shape index (κ1) is 22.7. The van der Waals surface area contributed by atoms with E-state index in [-0.39, 0.29) is 5.91 Å². The molecule has 1 aromatic carbocycles. The first-order valence-corrected chi connectivity index (χ1v) is 11.6. The molecule has 3 heterocycles. The van der Waals surface area contributed by atoms with Gasteiger partial charge < -0.3 is 15.0 Å². The molecule has 3 aromatic heterocycles. The Bertz CT molecular complexity index is 1240. The summed E-state index contributed by atoms with van der Waals surface area (Å²) in [7, 11) is 3.50. The molecule has 33 heavy (non-hydrogen) atoms. The number of aromatic nitrogens is 3. The zero-order valence-electron chi connectivity index (χ0n) is 19.0. The third-order valence-electron chi connectivity index (χ3n) is 5.54. The van der Waals surface area contributed by atoms with E-state index in [0.717, 1.165) is 39.5 Å².